The van der Waals surface area contributed by atoms with Crippen LogP contribution >= 0.6 is 11.8 Å². The molecule has 1 heterocycles. The molecule has 1 aromatic carbocycles. The summed E-state index contributed by atoms with van der Waals surface area (Å²) in [5.74, 6) is 0.208. The zero-order chi connectivity index (χ0) is 20.6. The van der Waals surface area contributed by atoms with E-state index in [1.165, 1.54) is 42.3 Å². The Hall–Kier alpha value is -2.42. The van der Waals surface area contributed by atoms with Crippen molar-refractivity contribution in [1.82, 2.24) is 15.5 Å². The van der Waals surface area contributed by atoms with Gasteiger partial charge in [-0.3, -0.25) is 4.79 Å². The average Bonchev–Trinajstić information content (AvgIpc) is 3.17. The van der Waals surface area contributed by atoms with Gasteiger partial charge in [0, 0.05) is 12.1 Å². The van der Waals surface area contributed by atoms with E-state index in [4.69, 9.17) is 4.42 Å². The second kappa shape index (κ2) is 10.4. The normalized spacial score (nSPS) is 15.1. The van der Waals surface area contributed by atoms with Gasteiger partial charge in [-0.15, -0.1) is 10.2 Å². The first-order valence-electron chi connectivity index (χ1n) is 9.52. The van der Waals surface area contributed by atoms with Crippen molar-refractivity contribution in [1.29, 1.82) is 0 Å². The maximum atomic E-state index is 12.3. The van der Waals surface area contributed by atoms with Crippen molar-refractivity contribution in [2.24, 2.45) is 0 Å². The zero-order valence-corrected chi connectivity index (χ0v) is 16.9. The molecule has 0 saturated carbocycles. The third-order valence-corrected chi connectivity index (χ3v) is 5.44. The van der Waals surface area contributed by atoms with Crippen LogP contribution in [0.5, 0.6) is 5.75 Å². The van der Waals surface area contributed by atoms with Gasteiger partial charge in [-0.05, 0) is 63.3 Å². The Balaban J connectivity index is 1.48. The number of amides is 1. The van der Waals surface area contributed by atoms with Crippen molar-refractivity contribution in [2.45, 2.75) is 56.1 Å². The maximum absolute atomic E-state index is 12.3. The summed E-state index contributed by atoms with van der Waals surface area (Å²) in [5, 5.41) is 10.7. The van der Waals surface area contributed by atoms with E-state index in [1.54, 1.807) is 19.1 Å². The number of nitrogens with zero attached hydrogens (tertiary/aromatic N) is 2. The second-order valence-corrected chi connectivity index (χ2v) is 7.98. The van der Waals surface area contributed by atoms with Crippen LogP contribution in [0.25, 0.3) is 11.5 Å². The lowest BCUT2D eigenvalue weighted by Gasteiger charge is -2.14. The average molecular weight is 423 g/mol. The SMILES string of the molecule is CC(Sc1nnc(-c2ccc(OC(F)F)cc2)o1)C(=O)NCCC1=CCCCC1. The first-order valence-corrected chi connectivity index (χ1v) is 10.4. The molecule has 3 rings (SSSR count). The number of hydrogen-bond donors (Lipinski definition) is 1. The molecule has 0 radical (unpaired) electrons. The molecule has 156 valence electrons. The minimum atomic E-state index is -2.88. The van der Waals surface area contributed by atoms with Crippen LogP contribution in [-0.4, -0.2) is 34.5 Å². The first kappa shape index (κ1) is 21.3. The van der Waals surface area contributed by atoms with Gasteiger partial charge < -0.3 is 14.5 Å². The molecule has 1 unspecified atom stereocenters. The van der Waals surface area contributed by atoms with Crippen molar-refractivity contribution in [2.75, 3.05) is 6.54 Å². The predicted molar refractivity (Wildman–Crippen MR) is 106 cm³/mol. The molecule has 0 saturated heterocycles. The Bertz CT molecular complexity index is 840. The number of alkyl halides is 2. The Morgan fingerprint density at radius 3 is 2.76 bits per heavy atom. The molecule has 29 heavy (non-hydrogen) atoms. The van der Waals surface area contributed by atoms with E-state index in [2.05, 4.69) is 26.3 Å². The maximum Gasteiger partial charge on any atom is 0.387 e. The number of ether oxygens (including phenoxy) is 1. The molecular weight excluding hydrogens is 400 g/mol. The second-order valence-electron chi connectivity index (χ2n) is 6.69. The fourth-order valence-electron chi connectivity index (χ4n) is 2.98. The molecule has 6 nitrogen and oxygen atoms in total. The quantitative estimate of drug-likeness (QED) is 0.460. The Labute approximate surface area is 172 Å². The van der Waals surface area contributed by atoms with Gasteiger partial charge in [0.15, 0.2) is 0 Å². The monoisotopic (exact) mass is 423 g/mol. The highest BCUT2D eigenvalue weighted by molar-refractivity contribution is 8.00. The van der Waals surface area contributed by atoms with Crippen LogP contribution in [0.2, 0.25) is 0 Å². The third-order valence-electron chi connectivity index (χ3n) is 4.51. The molecule has 1 aliphatic rings. The Morgan fingerprint density at radius 2 is 2.07 bits per heavy atom. The van der Waals surface area contributed by atoms with Gasteiger partial charge >= 0.3 is 6.61 Å². The smallest absolute Gasteiger partial charge is 0.387 e. The standard InChI is InChI=1S/C20H23F2N3O3S/c1-13(17(26)23-12-11-14-5-3-2-4-6-14)29-20-25-24-18(28-20)15-7-9-16(10-8-15)27-19(21)22/h5,7-10,13,19H,2-4,6,11-12H2,1H3,(H,23,26). The molecule has 1 N–H and O–H groups in total. The summed E-state index contributed by atoms with van der Waals surface area (Å²) in [5.41, 5.74) is 1.99. The van der Waals surface area contributed by atoms with Crippen molar-refractivity contribution in [3.05, 3.63) is 35.9 Å². The lowest BCUT2D eigenvalue weighted by molar-refractivity contribution is -0.120. The van der Waals surface area contributed by atoms with Gasteiger partial charge in [0.25, 0.3) is 5.22 Å². The summed E-state index contributed by atoms with van der Waals surface area (Å²) in [7, 11) is 0. The number of aromatic nitrogens is 2. The number of benzene rings is 1. The van der Waals surface area contributed by atoms with Gasteiger partial charge in [0.05, 0.1) is 5.25 Å². The highest BCUT2D eigenvalue weighted by Gasteiger charge is 2.19. The van der Waals surface area contributed by atoms with E-state index < -0.39 is 6.61 Å². The minimum absolute atomic E-state index is 0.0483. The molecule has 1 amide bonds. The number of hydrogen-bond acceptors (Lipinski definition) is 6. The molecule has 0 bridgehead atoms. The topological polar surface area (TPSA) is 77.2 Å². The number of halogens is 2. The fourth-order valence-corrected chi connectivity index (χ4v) is 3.69. The van der Waals surface area contributed by atoms with Crippen LogP contribution in [0.3, 0.4) is 0 Å². The molecule has 2 aromatic rings. The van der Waals surface area contributed by atoms with E-state index in [9.17, 15) is 13.6 Å². The van der Waals surface area contributed by atoms with Crippen LogP contribution in [0.1, 0.15) is 39.0 Å². The van der Waals surface area contributed by atoms with E-state index in [1.807, 2.05) is 0 Å². The largest absolute Gasteiger partial charge is 0.435 e. The number of allylic oxidation sites excluding steroid dienone is 1. The molecule has 0 spiro atoms. The van der Waals surface area contributed by atoms with E-state index in [0.29, 0.717) is 12.1 Å². The summed E-state index contributed by atoms with van der Waals surface area (Å²) >= 11 is 1.17. The molecule has 1 aliphatic carbocycles. The minimum Gasteiger partial charge on any atom is -0.435 e. The van der Waals surface area contributed by atoms with Crippen LogP contribution in [0.15, 0.2) is 45.6 Å². The van der Waals surface area contributed by atoms with Crippen molar-refractivity contribution in [3.8, 4) is 17.2 Å². The van der Waals surface area contributed by atoms with Crippen LogP contribution in [0.4, 0.5) is 8.78 Å². The van der Waals surface area contributed by atoms with E-state index in [-0.39, 0.29) is 28.0 Å². The number of carbonyl (C=O) groups is 1. The number of rotatable bonds is 9. The first-order chi connectivity index (χ1) is 14.0. The van der Waals surface area contributed by atoms with Gasteiger partial charge in [-0.25, -0.2) is 0 Å². The number of carbonyl (C=O) groups excluding carboxylic acids is 1. The summed E-state index contributed by atoms with van der Waals surface area (Å²) in [6.07, 6.45) is 7.91. The van der Waals surface area contributed by atoms with Crippen molar-refractivity contribution < 1.29 is 22.7 Å². The lowest BCUT2D eigenvalue weighted by atomic mass is 9.97. The van der Waals surface area contributed by atoms with Crippen LogP contribution < -0.4 is 10.1 Å². The molecule has 9 heteroatoms. The van der Waals surface area contributed by atoms with Gasteiger partial charge in [-0.1, -0.05) is 23.4 Å². The van der Waals surface area contributed by atoms with E-state index >= 15 is 0 Å². The summed E-state index contributed by atoms with van der Waals surface area (Å²) in [4.78, 5) is 12.3. The summed E-state index contributed by atoms with van der Waals surface area (Å²) in [6, 6.07) is 5.90. The van der Waals surface area contributed by atoms with Crippen molar-refractivity contribution >= 4 is 17.7 Å². The van der Waals surface area contributed by atoms with Gasteiger partial charge in [0.2, 0.25) is 11.8 Å². The predicted octanol–water partition coefficient (Wildman–Crippen LogP) is 4.83. The third kappa shape index (κ3) is 6.56. The summed E-state index contributed by atoms with van der Waals surface area (Å²) in [6.45, 7) is -0.475. The molecule has 0 fully saturated rings. The molecular formula is C20H23F2N3O3S. The van der Waals surface area contributed by atoms with Crippen molar-refractivity contribution in [3.63, 3.8) is 0 Å². The summed E-state index contributed by atoms with van der Waals surface area (Å²) < 4.78 is 34.3. The van der Waals surface area contributed by atoms with Crippen LogP contribution in [0, 0.1) is 0 Å². The highest BCUT2D eigenvalue weighted by atomic mass is 32.2. The number of nitrogens with one attached hydrogen (secondary N) is 1. The van der Waals surface area contributed by atoms with Gasteiger partial charge in [-0.2, -0.15) is 8.78 Å². The van der Waals surface area contributed by atoms with Gasteiger partial charge in [0.1, 0.15) is 5.75 Å². The molecule has 1 atom stereocenters. The molecule has 1 aromatic heterocycles. The Kier molecular flexibility index (Phi) is 7.62. The lowest BCUT2D eigenvalue weighted by Crippen LogP contribution is -2.31. The zero-order valence-electron chi connectivity index (χ0n) is 16.1. The Morgan fingerprint density at radius 1 is 1.28 bits per heavy atom. The highest BCUT2D eigenvalue weighted by Crippen LogP contribution is 2.27. The fraction of sp³-hybridized carbons (Fsp3) is 0.450. The number of thioether (sulfide) groups is 1. The molecule has 0 aliphatic heterocycles. The van der Waals surface area contributed by atoms with Crippen LogP contribution in [-0.2, 0) is 4.79 Å². The van der Waals surface area contributed by atoms with E-state index in [0.717, 1.165) is 19.3 Å².